The van der Waals surface area contributed by atoms with Crippen LogP contribution in [0.4, 0.5) is 10.1 Å². The quantitative estimate of drug-likeness (QED) is 0.778. The second-order valence-electron chi connectivity index (χ2n) is 4.49. The lowest BCUT2D eigenvalue weighted by Crippen LogP contribution is -2.13. The molecule has 0 saturated carbocycles. The van der Waals surface area contributed by atoms with Crippen molar-refractivity contribution in [2.45, 2.75) is 0 Å². The Kier molecular flexibility index (Phi) is 3.97. The molecule has 7 heteroatoms. The van der Waals surface area contributed by atoms with Gasteiger partial charge in [-0.3, -0.25) is 9.36 Å². The SMILES string of the molecule is O=C(Nc1ccc(F)cc1)c1cc(-n2cnnc2)ccc1Br. The topological polar surface area (TPSA) is 59.8 Å². The highest BCUT2D eigenvalue weighted by molar-refractivity contribution is 9.10. The molecule has 3 rings (SSSR count). The third-order valence-electron chi connectivity index (χ3n) is 3.01. The van der Waals surface area contributed by atoms with Gasteiger partial charge < -0.3 is 5.32 Å². The van der Waals surface area contributed by atoms with Gasteiger partial charge in [-0.1, -0.05) is 0 Å². The van der Waals surface area contributed by atoms with Crippen LogP contribution < -0.4 is 5.32 Å². The molecule has 0 radical (unpaired) electrons. The molecule has 1 aromatic heterocycles. The lowest BCUT2D eigenvalue weighted by Gasteiger charge is -2.09. The normalized spacial score (nSPS) is 10.5. The molecule has 0 aliphatic rings. The third-order valence-corrected chi connectivity index (χ3v) is 3.71. The van der Waals surface area contributed by atoms with Gasteiger partial charge in [-0.05, 0) is 58.4 Å². The highest BCUT2D eigenvalue weighted by atomic mass is 79.9. The Hall–Kier alpha value is -2.54. The van der Waals surface area contributed by atoms with Gasteiger partial charge in [-0.2, -0.15) is 0 Å². The van der Waals surface area contributed by atoms with Gasteiger partial charge >= 0.3 is 0 Å². The maximum absolute atomic E-state index is 12.9. The summed E-state index contributed by atoms with van der Waals surface area (Å²) in [6.07, 6.45) is 3.09. The Bertz CT molecular complexity index is 803. The molecule has 110 valence electrons. The van der Waals surface area contributed by atoms with Gasteiger partial charge in [0, 0.05) is 15.8 Å². The van der Waals surface area contributed by atoms with Gasteiger partial charge in [0.15, 0.2) is 0 Å². The number of benzene rings is 2. The molecule has 5 nitrogen and oxygen atoms in total. The van der Waals surface area contributed by atoms with Crippen molar-refractivity contribution in [1.29, 1.82) is 0 Å². The minimum absolute atomic E-state index is 0.298. The lowest BCUT2D eigenvalue weighted by atomic mass is 10.1. The van der Waals surface area contributed by atoms with Crippen molar-refractivity contribution in [2.75, 3.05) is 5.32 Å². The molecular weight excluding hydrogens is 351 g/mol. The summed E-state index contributed by atoms with van der Waals surface area (Å²) in [5, 5.41) is 10.2. The van der Waals surface area contributed by atoms with E-state index in [4.69, 9.17) is 0 Å². The van der Waals surface area contributed by atoms with E-state index in [-0.39, 0.29) is 11.7 Å². The number of hydrogen-bond donors (Lipinski definition) is 1. The number of rotatable bonds is 3. The number of nitrogens with zero attached hydrogens (tertiary/aromatic N) is 3. The number of hydrogen-bond acceptors (Lipinski definition) is 3. The largest absolute Gasteiger partial charge is 0.322 e. The average Bonchev–Trinajstić information content (AvgIpc) is 3.04. The Balaban J connectivity index is 1.88. The summed E-state index contributed by atoms with van der Waals surface area (Å²) in [4.78, 5) is 12.4. The molecule has 1 heterocycles. The summed E-state index contributed by atoms with van der Waals surface area (Å²) < 4.78 is 15.2. The van der Waals surface area contributed by atoms with Crippen LogP contribution in [0.2, 0.25) is 0 Å². The predicted octanol–water partition coefficient (Wildman–Crippen LogP) is 3.42. The maximum Gasteiger partial charge on any atom is 0.256 e. The molecule has 0 fully saturated rings. The maximum atomic E-state index is 12.9. The van der Waals surface area contributed by atoms with Crippen molar-refractivity contribution in [1.82, 2.24) is 14.8 Å². The van der Waals surface area contributed by atoms with Crippen LogP contribution in [-0.2, 0) is 0 Å². The summed E-state index contributed by atoms with van der Waals surface area (Å²) in [7, 11) is 0. The molecule has 1 N–H and O–H groups in total. The minimum Gasteiger partial charge on any atom is -0.322 e. The smallest absolute Gasteiger partial charge is 0.256 e. The fourth-order valence-corrected chi connectivity index (χ4v) is 2.34. The summed E-state index contributed by atoms with van der Waals surface area (Å²) in [5.74, 6) is -0.651. The van der Waals surface area contributed by atoms with Crippen molar-refractivity contribution in [2.24, 2.45) is 0 Å². The number of carbonyl (C=O) groups is 1. The first-order valence-electron chi connectivity index (χ1n) is 6.35. The molecule has 0 aliphatic heterocycles. The van der Waals surface area contributed by atoms with Crippen LogP contribution in [0, 0.1) is 5.82 Å². The molecule has 0 bridgehead atoms. The van der Waals surface area contributed by atoms with Crippen LogP contribution >= 0.6 is 15.9 Å². The number of halogens is 2. The van der Waals surface area contributed by atoms with Crippen molar-refractivity contribution < 1.29 is 9.18 Å². The summed E-state index contributed by atoms with van der Waals surface area (Å²) >= 11 is 3.36. The molecule has 22 heavy (non-hydrogen) atoms. The first-order valence-corrected chi connectivity index (χ1v) is 7.14. The standard InChI is InChI=1S/C15H10BrFN4O/c16-14-6-5-12(21-8-18-19-9-21)7-13(14)15(22)20-11-3-1-10(17)2-4-11/h1-9H,(H,20,22). The second kappa shape index (κ2) is 6.07. The zero-order chi connectivity index (χ0) is 15.5. The van der Waals surface area contributed by atoms with E-state index in [0.717, 1.165) is 5.69 Å². The molecule has 3 aromatic rings. The van der Waals surface area contributed by atoms with E-state index in [1.807, 2.05) is 6.07 Å². The van der Waals surface area contributed by atoms with Gasteiger partial charge in [-0.25, -0.2) is 4.39 Å². The second-order valence-corrected chi connectivity index (χ2v) is 5.35. The molecule has 0 saturated heterocycles. The van der Waals surface area contributed by atoms with Gasteiger partial charge in [-0.15, -0.1) is 10.2 Å². The van der Waals surface area contributed by atoms with Crippen LogP contribution in [0.5, 0.6) is 0 Å². The Morgan fingerprint density at radius 3 is 2.45 bits per heavy atom. The van der Waals surface area contributed by atoms with E-state index in [9.17, 15) is 9.18 Å². The molecule has 0 atom stereocenters. The minimum atomic E-state index is -0.353. The van der Waals surface area contributed by atoms with Crippen molar-refractivity contribution in [3.63, 3.8) is 0 Å². The third kappa shape index (κ3) is 3.04. The first-order chi connectivity index (χ1) is 10.6. The van der Waals surface area contributed by atoms with Gasteiger partial charge in [0.25, 0.3) is 5.91 Å². The first kappa shape index (κ1) is 14.4. The van der Waals surface area contributed by atoms with E-state index in [1.165, 1.54) is 24.3 Å². The molecule has 1 amide bonds. The number of anilines is 1. The van der Waals surface area contributed by atoms with Crippen molar-refractivity contribution >= 4 is 27.5 Å². The van der Waals surface area contributed by atoms with Crippen LogP contribution in [0.15, 0.2) is 59.6 Å². The van der Waals surface area contributed by atoms with Crippen molar-refractivity contribution in [3.05, 3.63) is 71.0 Å². The fourth-order valence-electron chi connectivity index (χ4n) is 1.91. The molecule has 0 aliphatic carbocycles. The average molecular weight is 361 g/mol. The summed E-state index contributed by atoms with van der Waals surface area (Å²) in [5.41, 5.74) is 1.74. The zero-order valence-electron chi connectivity index (χ0n) is 11.2. The Morgan fingerprint density at radius 2 is 1.77 bits per heavy atom. The van der Waals surface area contributed by atoms with Crippen LogP contribution in [0.25, 0.3) is 5.69 Å². The van der Waals surface area contributed by atoms with E-state index < -0.39 is 0 Å². The van der Waals surface area contributed by atoms with E-state index in [2.05, 4.69) is 31.4 Å². The highest BCUT2D eigenvalue weighted by Gasteiger charge is 2.12. The summed E-state index contributed by atoms with van der Waals surface area (Å²) in [6.45, 7) is 0. The van der Waals surface area contributed by atoms with Crippen LogP contribution in [-0.4, -0.2) is 20.7 Å². The lowest BCUT2D eigenvalue weighted by molar-refractivity contribution is 0.102. The van der Waals surface area contributed by atoms with E-state index in [0.29, 0.717) is 15.7 Å². The molecule has 0 unspecified atom stereocenters. The Labute approximate surface area is 133 Å². The number of nitrogens with one attached hydrogen (secondary N) is 1. The van der Waals surface area contributed by atoms with Gasteiger partial charge in [0.2, 0.25) is 0 Å². The highest BCUT2D eigenvalue weighted by Crippen LogP contribution is 2.22. The molecular formula is C15H10BrFN4O. The predicted molar refractivity (Wildman–Crippen MR) is 83.4 cm³/mol. The van der Waals surface area contributed by atoms with Crippen LogP contribution in [0.3, 0.4) is 0 Å². The zero-order valence-corrected chi connectivity index (χ0v) is 12.8. The molecule has 2 aromatic carbocycles. The van der Waals surface area contributed by atoms with E-state index in [1.54, 1.807) is 29.4 Å². The number of aromatic nitrogens is 3. The van der Waals surface area contributed by atoms with Crippen molar-refractivity contribution in [3.8, 4) is 5.69 Å². The summed E-state index contributed by atoms with van der Waals surface area (Å²) in [6, 6.07) is 10.9. The Morgan fingerprint density at radius 1 is 1.09 bits per heavy atom. The molecule has 0 spiro atoms. The fraction of sp³-hybridized carbons (Fsp3) is 0. The van der Waals surface area contributed by atoms with Crippen LogP contribution in [0.1, 0.15) is 10.4 Å². The van der Waals surface area contributed by atoms with Gasteiger partial charge in [0.1, 0.15) is 18.5 Å². The number of carbonyl (C=O) groups excluding carboxylic acids is 1. The monoisotopic (exact) mass is 360 g/mol. The van der Waals surface area contributed by atoms with E-state index >= 15 is 0 Å². The number of amides is 1. The van der Waals surface area contributed by atoms with Gasteiger partial charge in [0.05, 0.1) is 5.56 Å².